The highest BCUT2D eigenvalue weighted by molar-refractivity contribution is 9.10. The van der Waals surface area contributed by atoms with E-state index in [1.54, 1.807) is 0 Å². The lowest BCUT2D eigenvalue weighted by Gasteiger charge is -2.20. The summed E-state index contributed by atoms with van der Waals surface area (Å²) in [5.41, 5.74) is 6.75. The van der Waals surface area contributed by atoms with Crippen LogP contribution < -0.4 is 11.1 Å². The molecule has 118 valence electrons. The zero-order valence-electron chi connectivity index (χ0n) is 13.2. The Balaban J connectivity index is 2.46. The summed E-state index contributed by atoms with van der Waals surface area (Å²) >= 11 is 3.46. The summed E-state index contributed by atoms with van der Waals surface area (Å²) in [6, 6.07) is 8.06. The fourth-order valence-corrected chi connectivity index (χ4v) is 2.93. The van der Waals surface area contributed by atoms with Crippen LogP contribution in [0.2, 0.25) is 0 Å². The van der Waals surface area contributed by atoms with Gasteiger partial charge in [0.2, 0.25) is 5.91 Å². The second kappa shape index (κ2) is 9.21. The van der Waals surface area contributed by atoms with E-state index in [1.165, 1.54) is 0 Å². The largest absolute Gasteiger partial charge is 0.350 e. The van der Waals surface area contributed by atoms with Crippen molar-refractivity contribution >= 4 is 21.8 Å². The summed E-state index contributed by atoms with van der Waals surface area (Å²) in [7, 11) is 0. The van der Waals surface area contributed by atoms with Crippen molar-refractivity contribution in [2.75, 3.05) is 6.54 Å². The molecule has 0 bridgehead atoms. The van der Waals surface area contributed by atoms with Crippen LogP contribution in [0.15, 0.2) is 28.7 Å². The van der Waals surface area contributed by atoms with Crippen molar-refractivity contribution in [2.24, 2.45) is 17.6 Å². The monoisotopic (exact) mass is 354 g/mol. The minimum atomic E-state index is 0.0296. The van der Waals surface area contributed by atoms with E-state index < -0.39 is 0 Å². The molecule has 0 heterocycles. The summed E-state index contributed by atoms with van der Waals surface area (Å²) in [4.78, 5) is 12.1. The Morgan fingerprint density at radius 1 is 1.29 bits per heavy atom. The molecular weight excluding hydrogens is 328 g/mol. The van der Waals surface area contributed by atoms with Crippen molar-refractivity contribution in [3.05, 3.63) is 34.3 Å². The fraction of sp³-hybridized carbons (Fsp3) is 0.588. The van der Waals surface area contributed by atoms with Crippen molar-refractivity contribution in [3.8, 4) is 0 Å². The second-order valence-electron chi connectivity index (χ2n) is 5.96. The van der Waals surface area contributed by atoms with E-state index in [0.717, 1.165) is 22.9 Å². The van der Waals surface area contributed by atoms with E-state index in [2.05, 4.69) is 35.1 Å². The van der Waals surface area contributed by atoms with Crippen LogP contribution in [0.3, 0.4) is 0 Å². The third kappa shape index (κ3) is 6.62. The first kappa shape index (κ1) is 18.2. The lowest BCUT2D eigenvalue weighted by atomic mass is 9.88. The van der Waals surface area contributed by atoms with Gasteiger partial charge in [0.15, 0.2) is 0 Å². The molecule has 0 saturated heterocycles. The van der Waals surface area contributed by atoms with Gasteiger partial charge < -0.3 is 11.1 Å². The molecule has 2 atom stereocenters. The maximum atomic E-state index is 12.1. The van der Waals surface area contributed by atoms with Crippen LogP contribution >= 0.6 is 15.9 Å². The first-order valence-corrected chi connectivity index (χ1v) is 8.48. The van der Waals surface area contributed by atoms with Gasteiger partial charge in [-0.2, -0.15) is 0 Å². The first-order valence-electron chi connectivity index (χ1n) is 7.69. The molecule has 0 aromatic heterocycles. The van der Waals surface area contributed by atoms with Gasteiger partial charge in [0.05, 0.1) is 6.04 Å². The van der Waals surface area contributed by atoms with Crippen molar-refractivity contribution in [3.63, 3.8) is 0 Å². The number of nitrogens with two attached hydrogens (primary N) is 1. The molecule has 1 aromatic carbocycles. The van der Waals surface area contributed by atoms with Crippen LogP contribution in [-0.2, 0) is 4.79 Å². The van der Waals surface area contributed by atoms with E-state index in [-0.39, 0.29) is 11.9 Å². The Morgan fingerprint density at radius 2 is 2.00 bits per heavy atom. The topological polar surface area (TPSA) is 55.1 Å². The third-order valence-electron chi connectivity index (χ3n) is 3.95. The van der Waals surface area contributed by atoms with Gasteiger partial charge >= 0.3 is 0 Å². The predicted octanol–water partition coefficient (Wildman–Crippen LogP) is 4.03. The van der Waals surface area contributed by atoms with E-state index in [9.17, 15) is 4.79 Å². The maximum absolute atomic E-state index is 12.1. The van der Waals surface area contributed by atoms with E-state index in [1.807, 2.05) is 31.2 Å². The Kier molecular flexibility index (Phi) is 7.97. The quantitative estimate of drug-likeness (QED) is 0.740. The van der Waals surface area contributed by atoms with Gasteiger partial charge in [-0.1, -0.05) is 41.9 Å². The minimum Gasteiger partial charge on any atom is -0.350 e. The van der Waals surface area contributed by atoms with Crippen LogP contribution in [0.4, 0.5) is 0 Å². The Bertz CT molecular complexity index is 448. The van der Waals surface area contributed by atoms with Crippen LogP contribution in [0.5, 0.6) is 0 Å². The van der Waals surface area contributed by atoms with Crippen molar-refractivity contribution in [1.29, 1.82) is 0 Å². The Morgan fingerprint density at radius 3 is 2.57 bits per heavy atom. The number of carbonyl (C=O) groups is 1. The van der Waals surface area contributed by atoms with Gasteiger partial charge in [-0.3, -0.25) is 4.79 Å². The van der Waals surface area contributed by atoms with Gasteiger partial charge in [-0.15, -0.1) is 0 Å². The number of hydrogen-bond donors (Lipinski definition) is 2. The number of halogens is 1. The summed E-state index contributed by atoms with van der Waals surface area (Å²) < 4.78 is 1.03. The van der Waals surface area contributed by atoms with E-state index in [4.69, 9.17) is 5.73 Å². The SMILES string of the molecule is CC(NC(=O)CCC(CCN)C(C)C)c1cccc(Br)c1. The number of amides is 1. The first-order chi connectivity index (χ1) is 9.93. The molecule has 1 amide bonds. The zero-order valence-corrected chi connectivity index (χ0v) is 14.8. The van der Waals surface area contributed by atoms with E-state index >= 15 is 0 Å². The molecule has 2 unspecified atom stereocenters. The summed E-state index contributed by atoms with van der Waals surface area (Å²) in [6.07, 6.45) is 2.47. The number of nitrogens with one attached hydrogen (secondary N) is 1. The van der Waals surface area contributed by atoms with Crippen molar-refractivity contribution < 1.29 is 4.79 Å². The molecular formula is C17H27BrN2O. The summed E-state index contributed by atoms with van der Waals surface area (Å²) in [6.45, 7) is 7.10. The normalized spacial score (nSPS) is 14.0. The molecule has 0 aliphatic carbocycles. The highest BCUT2D eigenvalue weighted by Crippen LogP contribution is 2.21. The molecule has 0 aliphatic rings. The number of rotatable bonds is 8. The molecule has 1 rings (SSSR count). The molecule has 0 radical (unpaired) electrons. The molecule has 0 spiro atoms. The number of benzene rings is 1. The fourth-order valence-electron chi connectivity index (χ4n) is 2.51. The average Bonchev–Trinajstić information content (AvgIpc) is 2.43. The van der Waals surface area contributed by atoms with Gasteiger partial charge in [0, 0.05) is 10.9 Å². The standard InChI is InChI=1S/C17H27BrN2O/c1-12(2)14(9-10-19)7-8-17(21)20-13(3)15-5-4-6-16(18)11-15/h4-6,11-14H,7-10,19H2,1-3H3,(H,20,21). The van der Waals surface area contributed by atoms with Gasteiger partial charge in [-0.25, -0.2) is 0 Å². The second-order valence-corrected chi connectivity index (χ2v) is 6.88. The van der Waals surface area contributed by atoms with Crippen LogP contribution in [0.1, 0.15) is 51.6 Å². The molecule has 0 saturated carbocycles. The Labute approximate surface area is 136 Å². The summed E-state index contributed by atoms with van der Waals surface area (Å²) in [5, 5.41) is 3.07. The molecule has 4 heteroatoms. The van der Waals surface area contributed by atoms with Crippen LogP contribution in [0.25, 0.3) is 0 Å². The van der Waals surface area contributed by atoms with E-state index in [0.29, 0.717) is 24.8 Å². The molecule has 21 heavy (non-hydrogen) atoms. The third-order valence-corrected chi connectivity index (χ3v) is 4.44. The number of carbonyl (C=O) groups excluding carboxylic acids is 1. The maximum Gasteiger partial charge on any atom is 0.220 e. The molecule has 3 nitrogen and oxygen atoms in total. The minimum absolute atomic E-state index is 0.0296. The average molecular weight is 355 g/mol. The van der Waals surface area contributed by atoms with Gasteiger partial charge in [0.25, 0.3) is 0 Å². The Hall–Kier alpha value is -0.870. The molecule has 0 aliphatic heterocycles. The van der Waals surface area contributed by atoms with Crippen molar-refractivity contribution in [2.45, 2.75) is 46.1 Å². The lowest BCUT2D eigenvalue weighted by Crippen LogP contribution is -2.27. The van der Waals surface area contributed by atoms with Crippen LogP contribution in [-0.4, -0.2) is 12.5 Å². The predicted molar refractivity (Wildman–Crippen MR) is 91.9 cm³/mol. The van der Waals surface area contributed by atoms with Crippen LogP contribution in [0, 0.1) is 11.8 Å². The number of hydrogen-bond acceptors (Lipinski definition) is 2. The smallest absolute Gasteiger partial charge is 0.220 e. The zero-order chi connectivity index (χ0) is 15.8. The highest BCUT2D eigenvalue weighted by Gasteiger charge is 2.15. The van der Waals surface area contributed by atoms with Gasteiger partial charge in [-0.05, 0) is 55.8 Å². The highest BCUT2D eigenvalue weighted by atomic mass is 79.9. The molecule has 3 N–H and O–H groups in total. The summed E-state index contributed by atoms with van der Waals surface area (Å²) in [5.74, 6) is 1.22. The van der Waals surface area contributed by atoms with Crippen molar-refractivity contribution in [1.82, 2.24) is 5.32 Å². The molecule has 1 aromatic rings. The molecule has 0 fully saturated rings. The van der Waals surface area contributed by atoms with Gasteiger partial charge in [0.1, 0.15) is 0 Å². The lowest BCUT2D eigenvalue weighted by molar-refractivity contribution is -0.122.